The van der Waals surface area contributed by atoms with Crippen LogP contribution in [-0.2, 0) is 9.59 Å². The van der Waals surface area contributed by atoms with Gasteiger partial charge in [0.1, 0.15) is 0 Å². The van der Waals surface area contributed by atoms with Gasteiger partial charge in [0.2, 0.25) is 11.8 Å². The van der Waals surface area contributed by atoms with Gasteiger partial charge in [-0.15, -0.1) is 0 Å². The standard InChI is InChI=1S/C19H26N2O3/c1-14(22)16-8-10-18(11-9-16)21(15(2)23)13-12-20-19(24)17-6-4-3-5-7-17/h8-11,17H,3-7,12-13H2,1-2H3,(H,20,24). The van der Waals surface area contributed by atoms with Gasteiger partial charge < -0.3 is 10.2 Å². The maximum atomic E-state index is 12.2. The van der Waals surface area contributed by atoms with Crippen molar-refractivity contribution in [2.45, 2.75) is 46.0 Å². The zero-order chi connectivity index (χ0) is 17.5. The summed E-state index contributed by atoms with van der Waals surface area (Å²) in [4.78, 5) is 37.0. The van der Waals surface area contributed by atoms with Crippen LogP contribution in [0.4, 0.5) is 5.69 Å². The predicted molar refractivity (Wildman–Crippen MR) is 94.1 cm³/mol. The van der Waals surface area contributed by atoms with Gasteiger partial charge in [-0.05, 0) is 44.0 Å². The van der Waals surface area contributed by atoms with Crippen molar-refractivity contribution in [3.05, 3.63) is 29.8 Å². The maximum Gasteiger partial charge on any atom is 0.223 e. The van der Waals surface area contributed by atoms with Crippen LogP contribution in [0.5, 0.6) is 0 Å². The van der Waals surface area contributed by atoms with Crippen molar-refractivity contribution in [3.8, 4) is 0 Å². The molecule has 24 heavy (non-hydrogen) atoms. The van der Waals surface area contributed by atoms with Gasteiger partial charge >= 0.3 is 0 Å². The number of rotatable bonds is 6. The number of nitrogens with one attached hydrogen (secondary N) is 1. The molecule has 0 aliphatic heterocycles. The summed E-state index contributed by atoms with van der Waals surface area (Å²) in [5.74, 6) is 0.137. The third-order valence-corrected chi connectivity index (χ3v) is 4.58. The molecule has 1 fully saturated rings. The number of anilines is 1. The molecule has 130 valence electrons. The maximum absolute atomic E-state index is 12.2. The molecule has 0 heterocycles. The van der Waals surface area contributed by atoms with E-state index in [0.717, 1.165) is 31.4 Å². The molecule has 0 bridgehead atoms. The average molecular weight is 330 g/mol. The van der Waals surface area contributed by atoms with Gasteiger partial charge in [-0.2, -0.15) is 0 Å². The van der Waals surface area contributed by atoms with Crippen molar-refractivity contribution >= 4 is 23.3 Å². The summed E-state index contributed by atoms with van der Waals surface area (Å²) in [6, 6.07) is 6.96. The third kappa shape index (κ3) is 4.91. The Hall–Kier alpha value is -2.17. The van der Waals surface area contributed by atoms with E-state index in [-0.39, 0.29) is 23.5 Å². The largest absolute Gasteiger partial charge is 0.354 e. The summed E-state index contributed by atoms with van der Waals surface area (Å²) in [6.45, 7) is 3.87. The molecule has 1 N–H and O–H groups in total. The summed E-state index contributed by atoms with van der Waals surface area (Å²) in [7, 11) is 0. The van der Waals surface area contributed by atoms with Gasteiger partial charge in [-0.3, -0.25) is 14.4 Å². The quantitative estimate of drug-likeness (QED) is 0.816. The lowest BCUT2D eigenvalue weighted by molar-refractivity contribution is -0.126. The molecule has 5 nitrogen and oxygen atoms in total. The first kappa shape index (κ1) is 18.2. The Balaban J connectivity index is 1.90. The summed E-state index contributed by atoms with van der Waals surface area (Å²) in [5.41, 5.74) is 1.35. The highest BCUT2D eigenvalue weighted by Gasteiger charge is 2.21. The summed E-state index contributed by atoms with van der Waals surface area (Å²) < 4.78 is 0. The molecule has 0 unspecified atom stereocenters. The number of Topliss-reactive ketones (excluding diaryl/α,β-unsaturated/α-hetero) is 1. The lowest BCUT2D eigenvalue weighted by Gasteiger charge is -2.24. The lowest BCUT2D eigenvalue weighted by Crippen LogP contribution is -2.40. The van der Waals surface area contributed by atoms with Gasteiger partial charge in [-0.1, -0.05) is 19.3 Å². The second-order valence-electron chi connectivity index (χ2n) is 6.40. The highest BCUT2D eigenvalue weighted by Crippen LogP contribution is 2.23. The number of hydrogen-bond donors (Lipinski definition) is 1. The fourth-order valence-corrected chi connectivity index (χ4v) is 3.14. The van der Waals surface area contributed by atoms with Crippen LogP contribution in [0.2, 0.25) is 0 Å². The van der Waals surface area contributed by atoms with Crippen molar-refractivity contribution in [1.82, 2.24) is 5.32 Å². The molecule has 5 heteroatoms. The molecule has 0 spiro atoms. The average Bonchev–Trinajstić information content (AvgIpc) is 2.59. The van der Waals surface area contributed by atoms with Crippen LogP contribution in [0.3, 0.4) is 0 Å². The molecule has 1 aliphatic carbocycles. The molecule has 1 aromatic carbocycles. The van der Waals surface area contributed by atoms with Crippen LogP contribution >= 0.6 is 0 Å². The Morgan fingerprint density at radius 1 is 1.04 bits per heavy atom. The van der Waals surface area contributed by atoms with Crippen molar-refractivity contribution in [2.75, 3.05) is 18.0 Å². The minimum atomic E-state index is -0.0857. The summed E-state index contributed by atoms with van der Waals surface area (Å²) >= 11 is 0. The first-order valence-corrected chi connectivity index (χ1v) is 8.66. The van der Waals surface area contributed by atoms with Crippen molar-refractivity contribution in [3.63, 3.8) is 0 Å². The highest BCUT2D eigenvalue weighted by atomic mass is 16.2. The number of carbonyl (C=O) groups is 3. The lowest BCUT2D eigenvalue weighted by atomic mass is 9.89. The topological polar surface area (TPSA) is 66.5 Å². The van der Waals surface area contributed by atoms with Gasteiger partial charge in [-0.25, -0.2) is 0 Å². The van der Waals surface area contributed by atoms with E-state index in [4.69, 9.17) is 0 Å². The second kappa shape index (κ2) is 8.62. The molecule has 1 saturated carbocycles. The van der Waals surface area contributed by atoms with Gasteiger partial charge in [0.05, 0.1) is 0 Å². The van der Waals surface area contributed by atoms with E-state index in [0.29, 0.717) is 18.7 Å². The minimum Gasteiger partial charge on any atom is -0.354 e. The zero-order valence-corrected chi connectivity index (χ0v) is 14.5. The molecule has 2 rings (SSSR count). The fourth-order valence-electron chi connectivity index (χ4n) is 3.14. The van der Waals surface area contributed by atoms with Gasteiger partial charge in [0.15, 0.2) is 5.78 Å². The van der Waals surface area contributed by atoms with Crippen LogP contribution < -0.4 is 10.2 Å². The van der Waals surface area contributed by atoms with E-state index in [2.05, 4.69) is 5.32 Å². The Morgan fingerprint density at radius 2 is 1.67 bits per heavy atom. The highest BCUT2D eigenvalue weighted by molar-refractivity contribution is 5.96. The van der Waals surface area contributed by atoms with Crippen LogP contribution in [0.1, 0.15) is 56.3 Å². The van der Waals surface area contributed by atoms with E-state index in [1.807, 2.05) is 0 Å². The smallest absolute Gasteiger partial charge is 0.223 e. The minimum absolute atomic E-state index is 0.00401. The molecule has 1 aromatic rings. The number of hydrogen-bond acceptors (Lipinski definition) is 3. The Bertz CT molecular complexity index is 589. The van der Waals surface area contributed by atoms with E-state index < -0.39 is 0 Å². The molecule has 0 saturated heterocycles. The monoisotopic (exact) mass is 330 g/mol. The van der Waals surface area contributed by atoms with Crippen LogP contribution in [0.15, 0.2) is 24.3 Å². The first-order chi connectivity index (χ1) is 11.5. The Labute approximate surface area is 143 Å². The van der Waals surface area contributed by atoms with E-state index >= 15 is 0 Å². The van der Waals surface area contributed by atoms with E-state index in [1.54, 1.807) is 29.2 Å². The molecular weight excluding hydrogens is 304 g/mol. The SMILES string of the molecule is CC(=O)c1ccc(N(CCNC(=O)C2CCCCC2)C(C)=O)cc1. The molecule has 0 atom stereocenters. The number of benzene rings is 1. The molecule has 1 aliphatic rings. The first-order valence-electron chi connectivity index (χ1n) is 8.66. The number of ketones is 1. The van der Waals surface area contributed by atoms with Crippen molar-refractivity contribution < 1.29 is 14.4 Å². The Morgan fingerprint density at radius 3 is 2.21 bits per heavy atom. The molecule has 0 radical (unpaired) electrons. The summed E-state index contributed by atoms with van der Waals surface area (Å²) in [6.07, 6.45) is 5.40. The van der Waals surface area contributed by atoms with E-state index in [9.17, 15) is 14.4 Å². The van der Waals surface area contributed by atoms with Crippen LogP contribution in [0, 0.1) is 5.92 Å². The van der Waals surface area contributed by atoms with Crippen molar-refractivity contribution in [1.29, 1.82) is 0 Å². The van der Waals surface area contributed by atoms with Crippen LogP contribution in [-0.4, -0.2) is 30.7 Å². The van der Waals surface area contributed by atoms with Gasteiger partial charge in [0.25, 0.3) is 0 Å². The molecule has 2 amide bonds. The third-order valence-electron chi connectivity index (χ3n) is 4.58. The summed E-state index contributed by atoms with van der Waals surface area (Å²) in [5, 5.41) is 2.95. The molecular formula is C19H26N2O3. The number of nitrogens with zero attached hydrogens (tertiary/aromatic N) is 1. The second-order valence-corrected chi connectivity index (χ2v) is 6.40. The zero-order valence-electron chi connectivity index (χ0n) is 14.5. The predicted octanol–water partition coefficient (Wildman–Crippen LogP) is 2.94. The Kier molecular flexibility index (Phi) is 6.53. The normalized spacial score (nSPS) is 14.9. The molecule has 0 aromatic heterocycles. The van der Waals surface area contributed by atoms with Crippen molar-refractivity contribution in [2.24, 2.45) is 5.92 Å². The van der Waals surface area contributed by atoms with E-state index in [1.165, 1.54) is 20.3 Å². The van der Waals surface area contributed by atoms with Crippen LogP contribution in [0.25, 0.3) is 0 Å². The number of carbonyl (C=O) groups excluding carboxylic acids is 3. The van der Waals surface area contributed by atoms with Gasteiger partial charge in [0, 0.05) is 37.2 Å². The number of amides is 2. The fraction of sp³-hybridized carbons (Fsp3) is 0.526.